The number of piperidine rings is 1. The molecule has 5 nitrogen and oxygen atoms in total. The molecule has 0 radical (unpaired) electrons. The SMILES string of the molecule is Cc1nc(C(F)(F)F)ccc1C(=O)NC1CCN(C(=O)CC(C)C)CC1. The van der Waals surface area contributed by atoms with Gasteiger partial charge in [0.25, 0.3) is 5.91 Å². The number of pyridine rings is 1. The lowest BCUT2D eigenvalue weighted by Crippen LogP contribution is -2.46. The first-order valence-electron chi connectivity index (χ1n) is 8.71. The summed E-state index contributed by atoms with van der Waals surface area (Å²) in [4.78, 5) is 29.7. The van der Waals surface area contributed by atoms with Crippen LogP contribution < -0.4 is 5.32 Å². The highest BCUT2D eigenvalue weighted by atomic mass is 19.4. The molecule has 0 aliphatic carbocycles. The molecule has 2 heterocycles. The molecule has 2 rings (SSSR count). The molecule has 0 unspecified atom stereocenters. The number of amides is 2. The Morgan fingerprint density at radius 3 is 2.38 bits per heavy atom. The van der Waals surface area contributed by atoms with Gasteiger partial charge in [0.15, 0.2) is 0 Å². The highest BCUT2D eigenvalue weighted by Crippen LogP contribution is 2.28. The van der Waals surface area contributed by atoms with Crippen LogP contribution in [0.5, 0.6) is 0 Å². The van der Waals surface area contributed by atoms with E-state index in [1.165, 1.54) is 6.92 Å². The van der Waals surface area contributed by atoms with Crippen LogP contribution >= 0.6 is 0 Å². The summed E-state index contributed by atoms with van der Waals surface area (Å²) in [6.07, 6.45) is -2.77. The second kappa shape index (κ2) is 8.05. The maximum absolute atomic E-state index is 12.7. The second-order valence-corrected chi connectivity index (χ2v) is 7.05. The molecule has 1 aliphatic rings. The van der Waals surface area contributed by atoms with Crippen molar-refractivity contribution in [2.75, 3.05) is 13.1 Å². The molecule has 0 aromatic carbocycles. The fourth-order valence-electron chi connectivity index (χ4n) is 2.97. The Kier molecular flexibility index (Phi) is 6.26. The quantitative estimate of drug-likeness (QED) is 0.884. The Hall–Kier alpha value is -2.12. The number of hydrogen-bond donors (Lipinski definition) is 1. The zero-order chi connectivity index (χ0) is 19.5. The standard InChI is InChI=1S/C18H24F3N3O2/c1-11(2)10-16(25)24-8-6-13(7-9-24)23-17(26)14-4-5-15(18(19,20)21)22-12(14)3/h4-5,11,13H,6-10H2,1-3H3,(H,23,26). The summed E-state index contributed by atoms with van der Waals surface area (Å²) >= 11 is 0. The van der Waals surface area contributed by atoms with Crippen molar-refractivity contribution in [3.05, 3.63) is 29.1 Å². The molecule has 8 heteroatoms. The number of likely N-dealkylation sites (tertiary alicyclic amines) is 1. The van der Waals surface area contributed by atoms with Gasteiger partial charge in [-0.15, -0.1) is 0 Å². The Labute approximate surface area is 151 Å². The first-order valence-corrected chi connectivity index (χ1v) is 8.71. The number of aromatic nitrogens is 1. The zero-order valence-electron chi connectivity index (χ0n) is 15.2. The summed E-state index contributed by atoms with van der Waals surface area (Å²) < 4.78 is 38.0. The zero-order valence-corrected chi connectivity index (χ0v) is 15.2. The Morgan fingerprint density at radius 2 is 1.88 bits per heavy atom. The van der Waals surface area contributed by atoms with Crippen molar-refractivity contribution in [1.29, 1.82) is 0 Å². The summed E-state index contributed by atoms with van der Waals surface area (Å²) in [7, 11) is 0. The minimum atomic E-state index is -4.53. The minimum Gasteiger partial charge on any atom is -0.349 e. The molecule has 0 spiro atoms. The number of carbonyl (C=O) groups is 2. The van der Waals surface area contributed by atoms with Crippen LogP contribution in [0.1, 0.15) is 54.9 Å². The fourth-order valence-corrected chi connectivity index (χ4v) is 2.97. The Balaban J connectivity index is 1.92. The van der Waals surface area contributed by atoms with E-state index in [4.69, 9.17) is 0 Å². The van der Waals surface area contributed by atoms with Gasteiger partial charge in [0.2, 0.25) is 5.91 Å². The lowest BCUT2D eigenvalue weighted by Gasteiger charge is -2.33. The third kappa shape index (κ3) is 5.19. The third-order valence-corrected chi connectivity index (χ3v) is 4.39. The van der Waals surface area contributed by atoms with Crippen LogP contribution in [-0.2, 0) is 11.0 Å². The van der Waals surface area contributed by atoms with Crippen LogP contribution in [0, 0.1) is 12.8 Å². The lowest BCUT2D eigenvalue weighted by molar-refractivity contribution is -0.141. The van der Waals surface area contributed by atoms with Gasteiger partial charge in [0.05, 0.1) is 11.3 Å². The number of nitrogens with zero attached hydrogens (tertiary/aromatic N) is 2. The normalized spacial score (nSPS) is 16.0. The molecule has 2 amide bonds. The predicted octanol–water partition coefficient (Wildman–Crippen LogP) is 3.18. The first kappa shape index (κ1) is 20.2. The van der Waals surface area contributed by atoms with Gasteiger partial charge in [-0.2, -0.15) is 13.2 Å². The van der Waals surface area contributed by atoms with Gasteiger partial charge >= 0.3 is 6.18 Å². The number of rotatable bonds is 4. The maximum Gasteiger partial charge on any atom is 0.433 e. The number of carbonyl (C=O) groups excluding carboxylic acids is 2. The number of nitrogens with one attached hydrogen (secondary N) is 1. The van der Waals surface area contributed by atoms with Crippen LogP contribution in [0.3, 0.4) is 0 Å². The molecule has 1 saturated heterocycles. The van der Waals surface area contributed by atoms with Crippen LogP contribution in [0.4, 0.5) is 13.2 Å². The molecule has 26 heavy (non-hydrogen) atoms. The van der Waals surface area contributed by atoms with Crippen molar-refractivity contribution in [2.45, 2.75) is 52.3 Å². The molecule has 1 aliphatic heterocycles. The molecule has 0 bridgehead atoms. The molecule has 0 atom stereocenters. The van der Waals surface area contributed by atoms with Crippen LogP contribution in [0.15, 0.2) is 12.1 Å². The van der Waals surface area contributed by atoms with Gasteiger partial charge in [-0.05, 0) is 37.8 Å². The van der Waals surface area contributed by atoms with E-state index in [1.807, 2.05) is 13.8 Å². The number of aryl methyl sites for hydroxylation is 1. The van der Waals surface area contributed by atoms with E-state index in [0.717, 1.165) is 12.1 Å². The second-order valence-electron chi connectivity index (χ2n) is 7.05. The molecule has 1 aromatic rings. The van der Waals surface area contributed by atoms with Gasteiger partial charge in [-0.1, -0.05) is 13.8 Å². The first-order chi connectivity index (χ1) is 12.1. The molecular formula is C18H24F3N3O2. The largest absolute Gasteiger partial charge is 0.433 e. The molecule has 1 N–H and O–H groups in total. The molecule has 0 saturated carbocycles. The van der Waals surface area contributed by atoms with E-state index in [-0.39, 0.29) is 23.2 Å². The Morgan fingerprint density at radius 1 is 1.27 bits per heavy atom. The number of alkyl halides is 3. The molecule has 144 valence electrons. The van der Waals surface area contributed by atoms with Crippen LogP contribution in [-0.4, -0.2) is 40.8 Å². The average Bonchev–Trinajstić information content (AvgIpc) is 2.53. The smallest absolute Gasteiger partial charge is 0.349 e. The number of halogens is 3. The van der Waals surface area contributed by atoms with Crippen molar-refractivity contribution in [1.82, 2.24) is 15.2 Å². The number of hydrogen-bond acceptors (Lipinski definition) is 3. The van der Waals surface area contributed by atoms with E-state index < -0.39 is 17.8 Å². The van der Waals surface area contributed by atoms with E-state index in [2.05, 4.69) is 10.3 Å². The van der Waals surface area contributed by atoms with E-state index >= 15 is 0 Å². The third-order valence-electron chi connectivity index (χ3n) is 4.39. The molecular weight excluding hydrogens is 347 g/mol. The lowest BCUT2D eigenvalue weighted by atomic mass is 10.0. The van der Waals surface area contributed by atoms with Gasteiger partial charge in [-0.3, -0.25) is 9.59 Å². The summed E-state index contributed by atoms with van der Waals surface area (Å²) in [6, 6.07) is 1.86. The Bertz CT molecular complexity index is 666. The predicted molar refractivity (Wildman–Crippen MR) is 90.5 cm³/mol. The van der Waals surface area contributed by atoms with Crippen molar-refractivity contribution in [3.63, 3.8) is 0 Å². The summed E-state index contributed by atoms with van der Waals surface area (Å²) in [5.74, 6) is -0.0155. The van der Waals surface area contributed by atoms with Crippen molar-refractivity contribution >= 4 is 11.8 Å². The highest BCUT2D eigenvalue weighted by molar-refractivity contribution is 5.95. The van der Waals surface area contributed by atoms with Gasteiger partial charge < -0.3 is 10.2 Å². The fraction of sp³-hybridized carbons (Fsp3) is 0.611. The minimum absolute atomic E-state index is 0.0434. The topological polar surface area (TPSA) is 62.3 Å². The summed E-state index contributed by atoms with van der Waals surface area (Å²) in [5.41, 5.74) is -0.832. The van der Waals surface area contributed by atoms with Gasteiger partial charge in [-0.25, -0.2) is 4.98 Å². The van der Waals surface area contributed by atoms with E-state index in [1.54, 1.807) is 4.90 Å². The highest BCUT2D eigenvalue weighted by Gasteiger charge is 2.33. The van der Waals surface area contributed by atoms with Gasteiger partial charge in [0.1, 0.15) is 5.69 Å². The maximum atomic E-state index is 12.7. The molecule has 1 fully saturated rings. The van der Waals surface area contributed by atoms with Crippen molar-refractivity contribution in [3.8, 4) is 0 Å². The average molecular weight is 371 g/mol. The summed E-state index contributed by atoms with van der Waals surface area (Å²) in [6.45, 7) is 6.51. The van der Waals surface area contributed by atoms with Gasteiger partial charge in [0, 0.05) is 25.6 Å². The van der Waals surface area contributed by atoms with Crippen LogP contribution in [0.25, 0.3) is 0 Å². The monoisotopic (exact) mass is 371 g/mol. The summed E-state index contributed by atoms with van der Waals surface area (Å²) in [5, 5.41) is 2.84. The van der Waals surface area contributed by atoms with E-state index in [0.29, 0.717) is 38.3 Å². The van der Waals surface area contributed by atoms with Crippen molar-refractivity contribution in [2.24, 2.45) is 5.92 Å². The molecule has 1 aromatic heterocycles. The van der Waals surface area contributed by atoms with Crippen LogP contribution in [0.2, 0.25) is 0 Å². The van der Waals surface area contributed by atoms with Crippen molar-refractivity contribution < 1.29 is 22.8 Å². The van der Waals surface area contributed by atoms with E-state index in [9.17, 15) is 22.8 Å².